The highest BCUT2D eigenvalue weighted by Crippen LogP contribution is 2.42. The molecule has 15 heteroatoms. The summed E-state index contributed by atoms with van der Waals surface area (Å²) in [4.78, 5) is 25.0. The van der Waals surface area contributed by atoms with Crippen molar-refractivity contribution in [2.45, 2.75) is 71.4 Å². The molecule has 3 aromatic rings. The first kappa shape index (κ1) is 31.5. The first-order valence-corrected chi connectivity index (χ1v) is 14.6. The van der Waals surface area contributed by atoms with Crippen LogP contribution in [0.2, 0.25) is 0 Å². The molecule has 1 aromatic carbocycles. The first-order valence-electron chi connectivity index (χ1n) is 12.7. The number of carbonyl (C=O) groups is 1. The van der Waals surface area contributed by atoms with Crippen LogP contribution in [0, 0.1) is 0 Å². The number of anilines is 1. The standard InChI is InChI=1S/C25H35F3N7O4P/c1-6-11-38-23(36)24(4,5)34-40(37,33-17(3)18-7-9-19(10-8-18)25(26,27)28)15-39-16(2)12-35-14-32-20-21(29)30-13-31-22(20)35/h7-10,13-14,16-17H,6,11-12,15H2,1-5H3,(H2,29,30,31)(H2,33,34,37)/t16-,17+,40-/m1/s1. The van der Waals surface area contributed by atoms with Gasteiger partial charge in [0.25, 0.3) is 0 Å². The van der Waals surface area contributed by atoms with Gasteiger partial charge in [-0.2, -0.15) is 13.2 Å². The molecular formula is C25H35F3N7O4P. The first-order chi connectivity index (χ1) is 18.6. The minimum Gasteiger partial charge on any atom is -0.464 e. The number of benzene rings is 1. The topological polar surface area (TPSA) is 146 Å². The monoisotopic (exact) mass is 585 g/mol. The van der Waals surface area contributed by atoms with E-state index in [0.29, 0.717) is 29.7 Å². The molecular weight excluding hydrogens is 550 g/mol. The van der Waals surface area contributed by atoms with E-state index in [1.807, 2.05) is 6.92 Å². The number of nitrogen functional groups attached to an aromatic ring is 1. The highest BCUT2D eigenvalue weighted by molar-refractivity contribution is 7.59. The van der Waals surface area contributed by atoms with E-state index < -0.39 is 42.8 Å². The number of nitrogens with zero attached hydrogens (tertiary/aromatic N) is 4. The number of imidazole rings is 1. The van der Waals surface area contributed by atoms with Crippen LogP contribution in [0.5, 0.6) is 0 Å². The van der Waals surface area contributed by atoms with Crippen LogP contribution in [0.15, 0.2) is 36.9 Å². The second-order valence-electron chi connectivity index (χ2n) is 10.0. The summed E-state index contributed by atoms with van der Waals surface area (Å²) >= 11 is 0. The maximum absolute atomic E-state index is 14.2. The van der Waals surface area contributed by atoms with Crippen molar-refractivity contribution >= 4 is 30.4 Å². The molecule has 3 atom stereocenters. The molecule has 0 radical (unpaired) electrons. The van der Waals surface area contributed by atoms with Gasteiger partial charge in [-0.25, -0.2) is 25.1 Å². The Bertz CT molecular complexity index is 1350. The van der Waals surface area contributed by atoms with E-state index in [2.05, 4.69) is 25.1 Å². The van der Waals surface area contributed by atoms with E-state index in [4.69, 9.17) is 15.2 Å². The minimum atomic E-state index is -4.47. The van der Waals surface area contributed by atoms with Gasteiger partial charge in [0.2, 0.25) is 7.44 Å². The Kier molecular flexibility index (Phi) is 9.94. The molecule has 0 spiro atoms. The van der Waals surface area contributed by atoms with Crippen molar-refractivity contribution in [2.75, 3.05) is 18.7 Å². The van der Waals surface area contributed by atoms with Gasteiger partial charge in [-0.05, 0) is 51.8 Å². The quantitative estimate of drug-likeness (QED) is 0.191. The van der Waals surface area contributed by atoms with Crippen LogP contribution in [-0.4, -0.2) is 50.1 Å². The van der Waals surface area contributed by atoms with Crippen LogP contribution >= 0.6 is 7.44 Å². The molecule has 3 rings (SSSR count). The second kappa shape index (κ2) is 12.6. The van der Waals surface area contributed by atoms with E-state index >= 15 is 0 Å². The second-order valence-corrected chi connectivity index (χ2v) is 12.2. The molecule has 0 fully saturated rings. The van der Waals surface area contributed by atoms with Crippen molar-refractivity contribution in [3.63, 3.8) is 0 Å². The lowest BCUT2D eigenvalue weighted by atomic mass is 10.1. The highest BCUT2D eigenvalue weighted by atomic mass is 31.2. The maximum atomic E-state index is 14.2. The van der Waals surface area contributed by atoms with E-state index in [9.17, 15) is 22.5 Å². The molecule has 4 N–H and O–H groups in total. The predicted octanol–water partition coefficient (Wildman–Crippen LogP) is 4.66. The number of hydrogen-bond donors (Lipinski definition) is 3. The number of nitrogens with one attached hydrogen (secondary N) is 2. The van der Waals surface area contributed by atoms with Crippen LogP contribution in [0.3, 0.4) is 0 Å². The zero-order chi connectivity index (χ0) is 29.7. The molecule has 0 saturated carbocycles. The average Bonchev–Trinajstić information content (AvgIpc) is 3.29. The van der Waals surface area contributed by atoms with Crippen LogP contribution < -0.4 is 15.9 Å². The number of halogens is 3. The van der Waals surface area contributed by atoms with Crippen LogP contribution in [0.25, 0.3) is 11.2 Å². The van der Waals surface area contributed by atoms with Gasteiger partial charge in [0.15, 0.2) is 11.5 Å². The fraction of sp³-hybridized carbons (Fsp3) is 0.520. The number of fused-ring (bicyclic) bond motifs is 1. The van der Waals surface area contributed by atoms with Gasteiger partial charge in [-0.3, -0.25) is 9.36 Å². The van der Waals surface area contributed by atoms with E-state index in [0.717, 1.165) is 12.1 Å². The minimum absolute atomic E-state index is 0.199. The molecule has 220 valence electrons. The molecule has 40 heavy (non-hydrogen) atoms. The molecule has 0 aliphatic carbocycles. The van der Waals surface area contributed by atoms with Gasteiger partial charge in [0, 0.05) is 6.04 Å². The Morgan fingerprint density at radius 1 is 1.15 bits per heavy atom. The molecule has 0 saturated heterocycles. The fourth-order valence-corrected chi connectivity index (χ4v) is 6.35. The Hall–Kier alpha value is -3.06. The van der Waals surface area contributed by atoms with Crippen molar-refractivity contribution < 1.29 is 32.0 Å². The summed E-state index contributed by atoms with van der Waals surface area (Å²) in [5, 5.41) is 5.84. The summed E-state index contributed by atoms with van der Waals surface area (Å²) in [6, 6.07) is 3.89. The van der Waals surface area contributed by atoms with Crippen molar-refractivity contribution in [1.29, 1.82) is 0 Å². The van der Waals surface area contributed by atoms with Gasteiger partial charge in [-0.1, -0.05) is 19.1 Å². The lowest BCUT2D eigenvalue weighted by molar-refractivity contribution is -0.149. The summed E-state index contributed by atoms with van der Waals surface area (Å²) in [5.74, 6) is -0.363. The molecule has 0 aliphatic heterocycles. The number of esters is 1. The smallest absolute Gasteiger partial charge is 0.416 e. The number of carbonyl (C=O) groups excluding carboxylic acids is 1. The van der Waals surface area contributed by atoms with Crippen LogP contribution in [0.4, 0.5) is 19.0 Å². The highest BCUT2D eigenvalue weighted by Gasteiger charge is 2.38. The summed E-state index contributed by atoms with van der Waals surface area (Å²) in [6.07, 6.45) is -1.81. The third-order valence-corrected chi connectivity index (χ3v) is 8.21. The van der Waals surface area contributed by atoms with E-state index in [1.165, 1.54) is 32.3 Å². The Labute approximate surface area is 230 Å². The Morgan fingerprint density at radius 2 is 1.82 bits per heavy atom. The molecule has 0 unspecified atom stereocenters. The lowest BCUT2D eigenvalue weighted by Crippen LogP contribution is -2.49. The third-order valence-electron chi connectivity index (χ3n) is 5.97. The van der Waals surface area contributed by atoms with Gasteiger partial charge < -0.3 is 19.8 Å². The van der Waals surface area contributed by atoms with Crippen molar-refractivity contribution in [2.24, 2.45) is 0 Å². The summed E-state index contributed by atoms with van der Waals surface area (Å²) < 4.78 is 66.1. The number of rotatable bonds is 13. The van der Waals surface area contributed by atoms with Gasteiger partial charge >= 0.3 is 12.1 Å². The van der Waals surface area contributed by atoms with E-state index in [-0.39, 0.29) is 18.8 Å². The molecule has 2 heterocycles. The van der Waals surface area contributed by atoms with E-state index in [1.54, 1.807) is 24.7 Å². The summed E-state index contributed by atoms with van der Waals surface area (Å²) in [5.41, 5.74) is 5.12. The molecule has 0 amide bonds. The Balaban J connectivity index is 1.78. The normalized spacial score (nSPS) is 15.5. The van der Waals surface area contributed by atoms with Crippen LogP contribution in [0.1, 0.15) is 58.2 Å². The Morgan fingerprint density at radius 3 is 2.45 bits per heavy atom. The zero-order valence-electron chi connectivity index (χ0n) is 23.0. The van der Waals surface area contributed by atoms with Gasteiger partial charge in [0.05, 0.1) is 31.1 Å². The average molecular weight is 586 g/mol. The number of nitrogens with two attached hydrogens (primary N) is 1. The van der Waals surface area contributed by atoms with Gasteiger partial charge in [-0.15, -0.1) is 0 Å². The number of hydrogen-bond acceptors (Lipinski definition) is 8. The molecule has 0 bridgehead atoms. The maximum Gasteiger partial charge on any atom is 0.416 e. The molecule has 0 aliphatic rings. The third kappa shape index (κ3) is 8.00. The number of ether oxygens (including phenoxy) is 2. The zero-order valence-corrected chi connectivity index (χ0v) is 23.9. The molecule has 11 nitrogen and oxygen atoms in total. The number of aromatic nitrogens is 4. The largest absolute Gasteiger partial charge is 0.464 e. The summed E-state index contributed by atoms with van der Waals surface area (Å²) in [7, 11) is -3.71. The van der Waals surface area contributed by atoms with Crippen molar-refractivity contribution in [3.05, 3.63) is 48.0 Å². The number of alkyl halides is 3. The van der Waals surface area contributed by atoms with Gasteiger partial charge in [0.1, 0.15) is 23.7 Å². The molecule has 2 aromatic heterocycles. The van der Waals surface area contributed by atoms with Crippen molar-refractivity contribution in [1.82, 2.24) is 29.7 Å². The predicted molar refractivity (Wildman–Crippen MR) is 144 cm³/mol. The van der Waals surface area contributed by atoms with Crippen molar-refractivity contribution in [3.8, 4) is 0 Å². The SMILES string of the molecule is CCCOC(=O)C(C)(C)N[P@@](=O)(CO[C@H](C)Cn1cnc2c(N)ncnc21)N[C@@H](C)c1ccc(C(F)(F)F)cc1. The fourth-order valence-electron chi connectivity index (χ4n) is 3.92. The summed E-state index contributed by atoms with van der Waals surface area (Å²) in [6.45, 7) is 8.84. The van der Waals surface area contributed by atoms with Crippen LogP contribution in [-0.2, 0) is 31.6 Å². The lowest BCUT2D eigenvalue weighted by Gasteiger charge is -2.33.